The fraction of sp³-hybridized carbons (Fsp3) is 0.850. The standard InChI is InChI=1S/C40H67N5O6S/c1-7-22-41-36(48)34(46)31(23-27-16-17-27)44-35(47)33-29-18-21-39(5,6)30(29)24-45(33)37(49)32(28-14-10-8-11-15-28)42-26-43-40(19-12-9-13-20-40)25-52(50,51)38(2,3)4/h7,27-33,42-43H,1,8-26H2,2-6H3,(H,41,48)(H,44,47)/t29-,30-,31?,32-,33-/m0/s1. The molecule has 5 rings (SSSR count). The van der Waals surface area contributed by atoms with Crippen LogP contribution in [0, 0.1) is 29.1 Å². The highest BCUT2D eigenvalue weighted by Gasteiger charge is 2.57. The number of hydrogen-bond donors (Lipinski definition) is 4. The molecule has 294 valence electrons. The Morgan fingerprint density at radius 2 is 1.58 bits per heavy atom. The summed E-state index contributed by atoms with van der Waals surface area (Å²) >= 11 is 0. The van der Waals surface area contributed by atoms with Crippen LogP contribution in [0.2, 0.25) is 0 Å². The van der Waals surface area contributed by atoms with E-state index in [1.807, 2.05) is 0 Å². The van der Waals surface area contributed by atoms with E-state index < -0.39 is 49.9 Å². The molecule has 0 radical (unpaired) electrons. The first kappa shape index (κ1) is 40.9. The molecule has 4 saturated carbocycles. The van der Waals surface area contributed by atoms with Crippen LogP contribution >= 0.6 is 0 Å². The molecule has 4 N–H and O–H groups in total. The lowest BCUT2D eigenvalue weighted by Crippen LogP contribution is -2.61. The molecule has 5 atom stereocenters. The minimum Gasteiger partial charge on any atom is -0.346 e. The number of hydrogen-bond acceptors (Lipinski definition) is 8. The fourth-order valence-corrected chi connectivity index (χ4v) is 11.2. The summed E-state index contributed by atoms with van der Waals surface area (Å²) in [5.41, 5.74) is -0.608. The zero-order chi connectivity index (χ0) is 37.9. The normalized spacial score (nSPS) is 27.3. The van der Waals surface area contributed by atoms with Crippen LogP contribution in [-0.4, -0.2) is 90.7 Å². The van der Waals surface area contributed by atoms with Gasteiger partial charge in [0.2, 0.25) is 17.6 Å². The van der Waals surface area contributed by atoms with Gasteiger partial charge in [-0.3, -0.25) is 29.8 Å². The number of carbonyl (C=O) groups is 4. The largest absolute Gasteiger partial charge is 0.346 e. The summed E-state index contributed by atoms with van der Waals surface area (Å²) < 4.78 is 26.1. The fourth-order valence-electron chi connectivity index (χ4n) is 9.60. The van der Waals surface area contributed by atoms with E-state index in [-0.39, 0.29) is 47.3 Å². The number of rotatable bonds is 16. The summed E-state index contributed by atoms with van der Waals surface area (Å²) in [4.78, 5) is 57.3. The van der Waals surface area contributed by atoms with Crippen molar-refractivity contribution in [3.63, 3.8) is 0 Å². The van der Waals surface area contributed by atoms with Crippen molar-refractivity contribution in [3.8, 4) is 0 Å². The second-order valence-electron chi connectivity index (χ2n) is 18.5. The molecule has 0 bridgehead atoms. The Hall–Kier alpha value is -2.31. The number of carbonyl (C=O) groups excluding carboxylic acids is 4. The van der Waals surface area contributed by atoms with E-state index in [9.17, 15) is 27.6 Å². The van der Waals surface area contributed by atoms with Gasteiger partial charge in [-0.25, -0.2) is 8.42 Å². The smallest absolute Gasteiger partial charge is 0.289 e. The third kappa shape index (κ3) is 9.49. The van der Waals surface area contributed by atoms with Gasteiger partial charge in [-0.15, -0.1) is 6.58 Å². The van der Waals surface area contributed by atoms with Gasteiger partial charge in [0.15, 0.2) is 9.84 Å². The van der Waals surface area contributed by atoms with Crippen LogP contribution in [0.5, 0.6) is 0 Å². The maximum atomic E-state index is 15.0. The number of amides is 3. The Morgan fingerprint density at radius 3 is 2.19 bits per heavy atom. The lowest BCUT2D eigenvalue weighted by Gasteiger charge is -2.41. The van der Waals surface area contributed by atoms with E-state index in [0.29, 0.717) is 25.6 Å². The zero-order valence-electron chi connectivity index (χ0n) is 32.6. The number of Topliss-reactive ketones (excluding diaryl/α,β-unsaturated/α-hetero) is 1. The Bertz CT molecular complexity index is 1420. The average molecular weight is 746 g/mol. The Kier molecular flexibility index (Phi) is 13.0. The van der Waals surface area contributed by atoms with Crippen LogP contribution in [0.25, 0.3) is 0 Å². The first-order valence-electron chi connectivity index (χ1n) is 20.2. The van der Waals surface area contributed by atoms with Crippen LogP contribution in [0.15, 0.2) is 12.7 Å². The molecule has 5 fully saturated rings. The average Bonchev–Trinajstić information content (AvgIpc) is 3.75. The van der Waals surface area contributed by atoms with Crippen molar-refractivity contribution in [2.75, 3.05) is 25.5 Å². The molecule has 0 aromatic rings. The first-order chi connectivity index (χ1) is 24.5. The highest BCUT2D eigenvalue weighted by Crippen LogP contribution is 2.53. The molecule has 0 aromatic carbocycles. The van der Waals surface area contributed by atoms with E-state index in [1.165, 1.54) is 6.08 Å². The maximum absolute atomic E-state index is 15.0. The molecule has 52 heavy (non-hydrogen) atoms. The van der Waals surface area contributed by atoms with Crippen LogP contribution in [0.3, 0.4) is 0 Å². The predicted molar refractivity (Wildman–Crippen MR) is 204 cm³/mol. The summed E-state index contributed by atoms with van der Waals surface area (Å²) in [6.07, 6.45) is 15.2. The van der Waals surface area contributed by atoms with Crippen molar-refractivity contribution < 1.29 is 27.6 Å². The van der Waals surface area contributed by atoms with Gasteiger partial charge in [0.05, 0.1) is 22.6 Å². The molecule has 5 aliphatic rings. The van der Waals surface area contributed by atoms with Crippen molar-refractivity contribution in [2.45, 2.75) is 159 Å². The second kappa shape index (κ2) is 16.6. The lowest BCUT2D eigenvalue weighted by molar-refractivity contribution is -0.144. The molecule has 4 aliphatic carbocycles. The van der Waals surface area contributed by atoms with Gasteiger partial charge >= 0.3 is 0 Å². The van der Waals surface area contributed by atoms with Gasteiger partial charge in [-0.05, 0) is 94.8 Å². The van der Waals surface area contributed by atoms with Gasteiger partial charge in [0, 0.05) is 25.3 Å². The molecular formula is C40H67N5O6S. The molecule has 1 aliphatic heterocycles. The van der Waals surface area contributed by atoms with Crippen molar-refractivity contribution in [3.05, 3.63) is 12.7 Å². The molecule has 3 amide bonds. The Labute approximate surface area is 312 Å². The summed E-state index contributed by atoms with van der Waals surface area (Å²) in [6, 6.07) is -2.20. The number of ketones is 1. The molecule has 0 aromatic heterocycles. The highest BCUT2D eigenvalue weighted by atomic mass is 32.2. The van der Waals surface area contributed by atoms with Crippen LogP contribution in [-0.2, 0) is 29.0 Å². The summed E-state index contributed by atoms with van der Waals surface area (Å²) in [7, 11) is -3.39. The van der Waals surface area contributed by atoms with Gasteiger partial charge in [0.1, 0.15) is 6.04 Å². The first-order valence-corrected chi connectivity index (χ1v) is 21.9. The van der Waals surface area contributed by atoms with Crippen LogP contribution in [0.4, 0.5) is 0 Å². The van der Waals surface area contributed by atoms with Crippen molar-refractivity contribution in [1.29, 1.82) is 0 Å². The lowest BCUT2D eigenvalue weighted by atomic mass is 9.79. The van der Waals surface area contributed by atoms with E-state index in [4.69, 9.17) is 0 Å². The topological polar surface area (TPSA) is 154 Å². The molecule has 1 unspecified atom stereocenters. The van der Waals surface area contributed by atoms with Crippen molar-refractivity contribution in [2.24, 2.45) is 29.1 Å². The summed E-state index contributed by atoms with van der Waals surface area (Å²) in [6.45, 7) is 14.3. The third-order valence-corrected chi connectivity index (χ3v) is 16.0. The minimum absolute atomic E-state index is 0.0385. The van der Waals surface area contributed by atoms with Crippen LogP contribution in [0.1, 0.15) is 131 Å². The number of sulfone groups is 1. The van der Waals surface area contributed by atoms with E-state index >= 15 is 0 Å². The molecular weight excluding hydrogens is 679 g/mol. The molecule has 0 spiro atoms. The summed E-state index contributed by atoms with van der Waals surface area (Å²) in [5, 5.41) is 12.8. The van der Waals surface area contributed by atoms with E-state index in [2.05, 4.69) is 41.7 Å². The maximum Gasteiger partial charge on any atom is 0.289 e. The van der Waals surface area contributed by atoms with Crippen molar-refractivity contribution in [1.82, 2.24) is 26.2 Å². The van der Waals surface area contributed by atoms with Gasteiger partial charge in [-0.1, -0.05) is 71.3 Å². The molecule has 1 saturated heterocycles. The summed E-state index contributed by atoms with van der Waals surface area (Å²) in [5.74, 6) is -1.27. The predicted octanol–water partition coefficient (Wildman–Crippen LogP) is 4.41. The monoisotopic (exact) mass is 745 g/mol. The number of nitrogens with zero attached hydrogens (tertiary/aromatic N) is 1. The molecule has 11 nitrogen and oxygen atoms in total. The quantitative estimate of drug-likeness (QED) is 0.103. The number of likely N-dealkylation sites (tertiary alicyclic amines) is 1. The van der Waals surface area contributed by atoms with Gasteiger partial charge in [-0.2, -0.15) is 0 Å². The SMILES string of the molecule is C=CCNC(=O)C(=O)C(CC1CC1)NC(=O)[C@@H]1[C@H]2CCC(C)(C)[C@H]2CN1C(=O)[C@@H](NCNC1(CS(=O)(=O)C(C)(C)C)CCCCC1)C1CCCCC1. The number of fused-ring (bicyclic) bond motifs is 1. The zero-order valence-corrected chi connectivity index (χ0v) is 33.4. The molecule has 12 heteroatoms. The second-order valence-corrected chi connectivity index (χ2v) is 21.2. The Morgan fingerprint density at radius 1 is 0.923 bits per heavy atom. The van der Waals surface area contributed by atoms with Crippen molar-refractivity contribution >= 4 is 33.3 Å². The van der Waals surface area contributed by atoms with E-state index in [1.54, 1.807) is 25.7 Å². The van der Waals surface area contributed by atoms with Gasteiger partial charge < -0.3 is 15.5 Å². The van der Waals surface area contributed by atoms with Gasteiger partial charge in [0.25, 0.3) is 5.91 Å². The van der Waals surface area contributed by atoms with Crippen LogP contribution < -0.4 is 21.3 Å². The van der Waals surface area contributed by atoms with E-state index in [0.717, 1.165) is 89.9 Å². The Balaban J connectivity index is 1.38. The number of nitrogens with one attached hydrogen (secondary N) is 4. The highest BCUT2D eigenvalue weighted by molar-refractivity contribution is 7.92. The molecule has 1 heterocycles. The minimum atomic E-state index is -3.39. The third-order valence-electron chi connectivity index (χ3n) is 13.2.